The van der Waals surface area contributed by atoms with E-state index in [1.807, 2.05) is 0 Å². The van der Waals surface area contributed by atoms with Crippen molar-refractivity contribution in [2.45, 2.75) is 6.42 Å². The Balaban J connectivity index is 0.00000196. The van der Waals surface area contributed by atoms with Gasteiger partial charge < -0.3 is 10.5 Å². The first-order chi connectivity index (χ1) is 6.75. The molecule has 0 saturated heterocycles. The first kappa shape index (κ1) is 13.7. The highest BCUT2D eigenvalue weighted by atomic mass is 35.5. The Kier molecular flexibility index (Phi) is 6.40. The van der Waals surface area contributed by atoms with Crippen molar-refractivity contribution < 1.29 is 9.66 Å². The Morgan fingerprint density at radius 2 is 2.07 bits per heavy atom. The number of ether oxygens (including phenoxy) is 1. The van der Waals surface area contributed by atoms with E-state index in [-0.39, 0.29) is 18.1 Å². The van der Waals surface area contributed by atoms with Gasteiger partial charge in [0.15, 0.2) is 5.75 Å². The molecular formula is C9H13ClN2O3. The lowest BCUT2D eigenvalue weighted by Crippen LogP contribution is -2.06. The van der Waals surface area contributed by atoms with Gasteiger partial charge in [-0.1, -0.05) is 12.1 Å². The van der Waals surface area contributed by atoms with Crippen LogP contribution in [0.2, 0.25) is 0 Å². The number of hydrogen-bond acceptors (Lipinski definition) is 4. The Morgan fingerprint density at radius 1 is 1.40 bits per heavy atom. The highest BCUT2D eigenvalue weighted by molar-refractivity contribution is 5.85. The molecule has 0 aliphatic heterocycles. The molecule has 0 radical (unpaired) electrons. The van der Waals surface area contributed by atoms with E-state index in [2.05, 4.69) is 0 Å². The summed E-state index contributed by atoms with van der Waals surface area (Å²) < 4.78 is 5.22. The van der Waals surface area contributed by atoms with Crippen LogP contribution in [-0.2, 0) is 0 Å². The van der Waals surface area contributed by atoms with Gasteiger partial charge in [-0.3, -0.25) is 10.1 Å². The molecule has 0 heterocycles. The second-order valence-corrected chi connectivity index (χ2v) is 2.72. The molecule has 0 fully saturated rings. The zero-order valence-electron chi connectivity index (χ0n) is 8.09. The van der Waals surface area contributed by atoms with Gasteiger partial charge in [0.2, 0.25) is 0 Å². The lowest BCUT2D eigenvalue weighted by molar-refractivity contribution is -0.385. The molecule has 0 bridgehead atoms. The molecule has 0 saturated carbocycles. The zero-order chi connectivity index (χ0) is 10.4. The summed E-state index contributed by atoms with van der Waals surface area (Å²) in [5, 5.41) is 10.6. The van der Waals surface area contributed by atoms with Crippen molar-refractivity contribution in [1.29, 1.82) is 0 Å². The van der Waals surface area contributed by atoms with Crippen LogP contribution in [0.3, 0.4) is 0 Å². The standard InChI is InChI=1S/C9H12N2O3.ClH/c10-6-3-7-14-9-5-2-1-4-8(9)11(12)13;/h1-2,4-5H,3,6-7,10H2;1H. The van der Waals surface area contributed by atoms with Crippen LogP contribution in [0.15, 0.2) is 24.3 Å². The third-order valence-corrected chi connectivity index (χ3v) is 1.67. The molecule has 0 spiro atoms. The SMILES string of the molecule is Cl.NCCCOc1ccccc1[N+](=O)[O-]. The maximum Gasteiger partial charge on any atom is 0.310 e. The quantitative estimate of drug-likeness (QED) is 0.477. The molecule has 1 rings (SSSR count). The molecular weight excluding hydrogens is 220 g/mol. The summed E-state index contributed by atoms with van der Waals surface area (Å²) in [6.07, 6.45) is 0.687. The molecule has 0 unspecified atom stereocenters. The maximum atomic E-state index is 10.6. The van der Waals surface area contributed by atoms with E-state index in [9.17, 15) is 10.1 Å². The van der Waals surface area contributed by atoms with E-state index in [1.165, 1.54) is 6.07 Å². The lowest BCUT2D eigenvalue weighted by Gasteiger charge is -2.04. The van der Waals surface area contributed by atoms with Gasteiger partial charge in [-0.15, -0.1) is 12.4 Å². The fourth-order valence-corrected chi connectivity index (χ4v) is 0.996. The van der Waals surface area contributed by atoms with Gasteiger partial charge in [-0.2, -0.15) is 0 Å². The number of para-hydroxylation sites is 2. The van der Waals surface area contributed by atoms with Crippen molar-refractivity contribution in [2.24, 2.45) is 5.73 Å². The number of rotatable bonds is 5. The van der Waals surface area contributed by atoms with Crippen LogP contribution in [0.1, 0.15) is 6.42 Å². The van der Waals surface area contributed by atoms with E-state index in [0.717, 1.165) is 0 Å². The van der Waals surface area contributed by atoms with E-state index in [1.54, 1.807) is 18.2 Å². The van der Waals surface area contributed by atoms with E-state index in [4.69, 9.17) is 10.5 Å². The Morgan fingerprint density at radius 3 is 2.67 bits per heavy atom. The summed E-state index contributed by atoms with van der Waals surface area (Å²) in [7, 11) is 0. The van der Waals surface area contributed by atoms with Gasteiger partial charge >= 0.3 is 5.69 Å². The van der Waals surface area contributed by atoms with Gasteiger partial charge in [0.1, 0.15) is 0 Å². The smallest absolute Gasteiger partial charge is 0.310 e. The van der Waals surface area contributed by atoms with Crippen molar-refractivity contribution in [3.05, 3.63) is 34.4 Å². The van der Waals surface area contributed by atoms with Crippen molar-refractivity contribution in [3.63, 3.8) is 0 Å². The van der Waals surface area contributed by atoms with Crippen LogP contribution in [0.4, 0.5) is 5.69 Å². The minimum Gasteiger partial charge on any atom is -0.487 e. The average molecular weight is 233 g/mol. The van der Waals surface area contributed by atoms with E-state index in [0.29, 0.717) is 25.3 Å². The molecule has 6 heteroatoms. The third kappa shape index (κ3) is 4.14. The topological polar surface area (TPSA) is 78.4 Å². The summed E-state index contributed by atoms with van der Waals surface area (Å²) in [4.78, 5) is 10.1. The predicted molar refractivity (Wildman–Crippen MR) is 59.5 cm³/mol. The number of nitro benzene ring substituents is 1. The molecule has 1 aromatic rings. The molecule has 0 aliphatic rings. The van der Waals surface area contributed by atoms with Crippen LogP contribution in [-0.4, -0.2) is 18.1 Å². The Hall–Kier alpha value is -1.33. The van der Waals surface area contributed by atoms with Gasteiger partial charge in [0.25, 0.3) is 0 Å². The molecule has 84 valence electrons. The summed E-state index contributed by atoms with van der Waals surface area (Å²) in [6.45, 7) is 0.919. The van der Waals surface area contributed by atoms with Crippen LogP contribution in [0, 0.1) is 10.1 Å². The number of nitrogens with zero attached hydrogens (tertiary/aromatic N) is 1. The summed E-state index contributed by atoms with van der Waals surface area (Å²) in [5.74, 6) is 0.297. The van der Waals surface area contributed by atoms with Gasteiger partial charge in [-0.25, -0.2) is 0 Å². The number of hydrogen-bond donors (Lipinski definition) is 1. The van der Waals surface area contributed by atoms with Crippen LogP contribution in [0.25, 0.3) is 0 Å². The predicted octanol–water partition coefficient (Wildman–Crippen LogP) is 1.74. The number of halogens is 1. The molecule has 0 amide bonds. The largest absolute Gasteiger partial charge is 0.487 e. The summed E-state index contributed by atoms with van der Waals surface area (Å²) in [5.41, 5.74) is 5.27. The zero-order valence-corrected chi connectivity index (χ0v) is 8.90. The monoisotopic (exact) mass is 232 g/mol. The van der Waals surface area contributed by atoms with Crippen molar-refractivity contribution in [1.82, 2.24) is 0 Å². The Bertz CT molecular complexity index is 320. The summed E-state index contributed by atoms with van der Waals surface area (Å²) >= 11 is 0. The molecule has 15 heavy (non-hydrogen) atoms. The highest BCUT2D eigenvalue weighted by Crippen LogP contribution is 2.25. The fourth-order valence-electron chi connectivity index (χ4n) is 0.996. The number of benzene rings is 1. The minimum absolute atomic E-state index is 0. The molecule has 0 aromatic heterocycles. The Labute approximate surface area is 93.8 Å². The maximum absolute atomic E-state index is 10.6. The fraction of sp³-hybridized carbons (Fsp3) is 0.333. The lowest BCUT2D eigenvalue weighted by atomic mass is 10.3. The first-order valence-corrected chi connectivity index (χ1v) is 4.32. The normalized spacial score (nSPS) is 9.13. The average Bonchev–Trinajstić information content (AvgIpc) is 2.19. The van der Waals surface area contributed by atoms with Crippen molar-refractivity contribution in [2.75, 3.05) is 13.2 Å². The molecule has 2 N–H and O–H groups in total. The second kappa shape index (κ2) is 7.03. The highest BCUT2D eigenvalue weighted by Gasteiger charge is 2.12. The first-order valence-electron chi connectivity index (χ1n) is 4.32. The minimum atomic E-state index is -0.461. The molecule has 0 aliphatic carbocycles. The van der Waals surface area contributed by atoms with Crippen molar-refractivity contribution >= 4 is 18.1 Å². The third-order valence-electron chi connectivity index (χ3n) is 1.67. The van der Waals surface area contributed by atoms with Crippen LogP contribution in [0.5, 0.6) is 5.75 Å². The van der Waals surface area contributed by atoms with E-state index < -0.39 is 4.92 Å². The number of nitro groups is 1. The molecule has 0 atom stereocenters. The van der Waals surface area contributed by atoms with Gasteiger partial charge in [0, 0.05) is 6.07 Å². The van der Waals surface area contributed by atoms with Crippen molar-refractivity contribution in [3.8, 4) is 5.75 Å². The van der Waals surface area contributed by atoms with Crippen LogP contribution < -0.4 is 10.5 Å². The van der Waals surface area contributed by atoms with E-state index >= 15 is 0 Å². The van der Waals surface area contributed by atoms with Crippen LogP contribution >= 0.6 is 12.4 Å². The summed E-state index contributed by atoms with van der Waals surface area (Å²) in [6, 6.07) is 6.30. The van der Waals surface area contributed by atoms with Gasteiger partial charge in [0.05, 0.1) is 11.5 Å². The second-order valence-electron chi connectivity index (χ2n) is 2.72. The molecule has 5 nitrogen and oxygen atoms in total. The molecule has 1 aromatic carbocycles. The van der Waals surface area contributed by atoms with Gasteiger partial charge in [-0.05, 0) is 19.0 Å². The number of nitrogens with two attached hydrogens (primary N) is 1.